The van der Waals surface area contributed by atoms with Gasteiger partial charge >= 0.3 is 0 Å². The largest absolute Gasteiger partial charge is 0.388 e. The van der Waals surface area contributed by atoms with Crippen molar-refractivity contribution in [2.75, 3.05) is 17.6 Å². The summed E-state index contributed by atoms with van der Waals surface area (Å²) in [6.45, 7) is 4.07. The molecule has 92 valence electrons. The van der Waals surface area contributed by atoms with E-state index in [4.69, 9.17) is 5.73 Å². The Hall–Kier alpha value is -1.89. The summed E-state index contributed by atoms with van der Waals surface area (Å²) in [4.78, 5) is 8.10. The van der Waals surface area contributed by atoms with Crippen LogP contribution < -0.4 is 11.1 Å². The molecule has 0 aliphatic carbocycles. The van der Waals surface area contributed by atoms with Crippen molar-refractivity contribution in [2.24, 2.45) is 0 Å². The van der Waals surface area contributed by atoms with Crippen LogP contribution in [0.25, 0.3) is 11.0 Å². The quantitative estimate of drug-likeness (QED) is 0.615. The highest BCUT2D eigenvalue weighted by Gasteiger charge is 2.18. The highest BCUT2D eigenvalue weighted by atomic mass is 16.3. The van der Waals surface area contributed by atoms with Crippen LogP contribution in [0.4, 0.5) is 11.8 Å². The highest BCUT2D eigenvalue weighted by Crippen LogP contribution is 2.20. The fourth-order valence-corrected chi connectivity index (χ4v) is 1.39. The molecule has 2 rings (SSSR count). The number of rotatable bonds is 4. The van der Waals surface area contributed by atoms with Gasteiger partial charge in [-0.2, -0.15) is 15.1 Å². The Morgan fingerprint density at radius 1 is 1.53 bits per heavy atom. The molecule has 0 saturated heterocycles. The zero-order valence-electron chi connectivity index (χ0n) is 9.86. The van der Waals surface area contributed by atoms with Crippen LogP contribution in [-0.2, 0) is 0 Å². The molecule has 0 amide bonds. The number of nitrogen functional groups attached to an aromatic ring is 1. The van der Waals surface area contributed by atoms with Crippen molar-refractivity contribution in [3.8, 4) is 0 Å². The first kappa shape index (κ1) is 11.6. The maximum Gasteiger partial charge on any atom is 0.224 e. The lowest BCUT2D eigenvalue weighted by atomic mass is 10.0. The Kier molecular flexibility index (Phi) is 2.84. The second-order valence-electron chi connectivity index (χ2n) is 4.27. The lowest BCUT2D eigenvalue weighted by Crippen LogP contribution is -2.32. The zero-order valence-corrected chi connectivity index (χ0v) is 9.86. The minimum atomic E-state index is -0.782. The normalized spacial score (nSPS) is 14.8. The predicted octanol–water partition coefficient (Wildman–Crippen LogP) is 0.508. The second-order valence-corrected chi connectivity index (χ2v) is 4.27. The number of anilines is 2. The third kappa shape index (κ3) is 2.44. The molecule has 0 saturated carbocycles. The van der Waals surface area contributed by atoms with Crippen molar-refractivity contribution < 1.29 is 5.11 Å². The van der Waals surface area contributed by atoms with Gasteiger partial charge in [0.2, 0.25) is 5.95 Å². The first-order chi connectivity index (χ1) is 8.02. The summed E-state index contributed by atoms with van der Waals surface area (Å²) in [6.07, 6.45) is 2.27. The van der Waals surface area contributed by atoms with E-state index in [1.54, 1.807) is 13.1 Å². The van der Waals surface area contributed by atoms with Gasteiger partial charge in [0.25, 0.3) is 0 Å². The van der Waals surface area contributed by atoms with Crippen molar-refractivity contribution in [3.63, 3.8) is 0 Å². The summed E-state index contributed by atoms with van der Waals surface area (Å²) < 4.78 is 0. The zero-order chi connectivity index (χ0) is 12.5. The monoisotopic (exact) mass is 236 g/mol. The van der Waals surface area contributed by atoms with Crippen molar-refractivity contribution in [3.05, 3.63) is 6.20 Å². The van der Waals surface area contributed by atoms with E-state index in [9.17, 15) is 5.11 Å². The van der Waals surface area contributed by atoms with Crippen molar-refractivity contribution >= 4 is 22.8 Å². The molecule has 0 aliphatic rings. The van der Waals surface area contributed by atoms with Crippen molar-refractivity contribution in [2.45, 2.75) is 25.9 Å². The molecule has 2 aromatic heterocycles. The molecular weight excluding hydrogens is 220 g/mol. The number of aromatic nitrogens is 4. The number of hydrogen-bond donors (Lipinski definition) is 4. The summed E-state index contributed by atoms with van der Waals surface area (Å²) in [7, 11) is 0. The van der Waals surface area contributed by atoms with Crippen LogP contribution in [0.3, 0.4) is 0 Å². The molecule has 0 aromatic carbocycles. The van der Waals surface area contributed by atoms with Crippen LogP contribution in [-0.4, -0.2) is 37.4 Å². The molecular formula is C10H16N6O. The summed E-state index contributed by atoms with van der Waals surface area (Å²) >= 11 is 0. The van der Waals surface area contributed by atoms with E-state index in [-0.39, 0.29) is 5.95 Å². The van der Waals surface area contributed by atoms with Gasteiger partial charge < -0.3 is 16.2 Å². The molecule has 5 N–H and O–H groups in total. The van der Waals surface area contributed by atoms with Crippen LogP contribution in [0.5, 0.6) is 0 Å². The highest BCUT2D eigenvalue weighted by molar-refractivity contribution is 5.86. The van der Waals surface area contributed by atoms with Gasteiger partial charge in [0, 0.05) is 6.54 Å². The SMILES string of the molecule is CCC(C)(O)CNc1nc(N)nc2[nH]ncc12. The van der Waals surface area contributed by atoms with Crippen LogP contribution in [0, 0.1) is 0 Å². The lowest BCUT2D eigenvalue weighted by molar-refractivity contribution is 0.0697. The molecule has 7 heteroatoms. The number of nitrogens with one attached hydrogen (secondary N) is 2. The van der Waals surface area contributed by atoms with Crippen molar-refractivity contribution in [1.29, 1.82) is 0 Å². The minimum Gasteiger partial charge on any atom is -0.388 e. The average molecular weight is 236 g/mol. The van der Waals surface area contributed by atoms with E-state index >= 15 is 0 Å². The molecule has 0 radical (unpaired) electrons. The topological polar surface area (TPSA) is 113 Å². The fraction of sp³-hybridized carbons (Fsp3) is 0.500. The molecule has 1 unspecified atom stereocenters. The molecule has 1 atom stereocenters. The Labute approximate surface area is 98.5 Å². The first-order valence-electron chi connectivity index (χ1n) is 5.44. The van der Waals surface area contributed by atoms with E-state index in [0.717, 1.165) is 5.39 Å². The molecule has 7 nitrogen and oxygen atoms in total. The number of nitrogens with zero attached hydrogens (tertiary/aromatic N) is 3. The Balaban J connectivity index is 2.26. The maximum atomic E-state index is 9.92. The van der Waals surface area contributed by atoms with Crippen LogP contribution >= 0.6 is 0 Å². The molecule has 17 heavy (non-hydrogen) atoms. The number of aliphatic hydroxyl groups is 1. The van der Waals surface area contributed by atoms with E-state index in [1.807, 2.05) is 6.92 Å². The molecule has 2 aromatic rings. The summed E-state index contributed by atoms with van der Waals surface area (Å²) in [5.41, 5.74) is 5.38. The molecule has 0 aliphatic heterocycles. The second kappa shape index (κ2) is 4.17. The van der Waals surface area contributed by atoms with Crippen LogP contribution in [0.2, 0.25) is 0 Å². The number of fused-ring (bicyclic) bond motifs is 1. The van der Waals surface area contributed by atoms with Crippen LogP contribution in [0.15, 0.2) is 6.20 Å². The smallest absolute Gasteiger partial charge is 0.224 e. The number of nitrogens with two attached hydrogens (primary N) is 1. The molecule has 0 bridgehead atoms. The summed E-state index contributed by atoms with van der Waals surface area (Å²) in [6, 6.07) is 0. The predicted molar refractivity (Wildman–Crippen MR) is 65.5 cm³/mol. The maximum absolute atomic E-state index is 9.92. The van der Waals surface area contributed by atoms with E-state index in [2.05, 4.69) is 25.5 Å². The van der Waals surface area contributed by atoms with Crippen LogP contribution in [0.1, 0.15) is 20.3 Å². The average Bonchev–Trinajstić information content (AvgIpc) is 2.73. The lowest BCUT2D eigenvalue weighted by Gasteiger charge is -2.22. The standard InChI is InChI=1S/C10H16N6O/c1-3-10(2,17)5-12-7-6-4-13-16-8(6)15-9(11)14-7/h4,17H,3,5H2,1-2H3,(H4,11,12,13,14,15,16). The Morgan fingerprint density at radius 3 is 3.00 bits per heavy atom. The third-order valence-corrected chi connectivity index (χ3v) is 2.73. The first-order valence-corrected chi connectivity index (χ1v) is 5.44. The van der Waals surface area contributed by atoms with Gasteiger partial charge in [-0.15, -0.1) is 0 Å². The Morgan fingerprint density at radius 2 is 2.29 bits per heavy atom. The van der Waals surface area contributed by atoms with Gasteiger partial charge in [-0.1, -0.05) is 6.92 Å². The van der Waals surface area contributed by atoms with Gasteiger partial charge in [0.05, 0.1) is 17.2 Å². The van der Waals surface area contributed by atoms with Gasteiger partial charge in [-0.05, 0) is 13.3 Å². The molecule has 2 heterocycles. The third-order valence-electron chi connectivity index (χ3n) is 2.73. The number of hydrogen-bond acceptors (Lipinski definition) is 6. The summed E-state index contributed by atoms with van der Waals surface area (Å²) in [5, 5.41) is 20.3. The Bertz CT molecular complexity index is 520. The summed E-state index contributed by atoms with van der Waals surface area (Å²) in [5.74, 6) is 0.746. The van der Waals surface area contributed by atoms with Gasteiger partial charge in [-0.25, -0.2) is 0 Å². The van der Waals surface area contributed by atoms with E-state index < -0.39 is 5.60 Å². The fourth-order valence-electron chi connectivity index (χ4n) is 1.39. The molecule has 0 fully saturated rings. The number of aromatic amines is 1. The number of H-pyrrole nitrogens is 1. The van der Waals surface area contributed by atoms with E-state index in [1.165, 1.54) is 0 Å². The van der Waals surface area contributed by atoms with E-state index in [0.29, 0.717) is 24.4 Å². The van der Waals surface area contributed by atoms with Crippen molar-refractivity contribution in [1.82, 2.24) is 20.2 Å². The van der Waals surface area contributed by atoms with Gasteiger partial charge in [-0.3, -0.25) is 5.10 Å². The molecule has 0 spiro atoms. The minimum absolute atomic E-state index is 0.167. The van der Waals surface area contributed by atoms with Gasteiger partial charge in [0.1, 0.15) is 5.82 Å². The van der Waals surface area contributed by atoms with Gasteiger partial charge in [0.15, 0.2) is 5.65 Å².